The van der Waals surface area contributed by atoms with Gasteiger partial charge in [-0.1, -0.05) is 31.5 Å². The lowest BCUT2D eigenvalue weighted by Gasteiger charge is -2.04. The van der Waals surface area contributed by atoms with Gasteiger partial charge in [0.05, 0.1) is 0 Å². The molecule has 70 valence electrons. The predicted molar refractivity (Wildman–Crippen MR) is 53.3 cm³/mol. The Kier molecular flexibility index (Phi) is 4.48. The fourth-order valence-electron chi connectivity index (χ4n) is 1.21. The summed E-state index contributed by atoms with van der Waals surface area (Å²) in [5.74, 6) is 0.729. The lowest BCUT2D eigenvalue weighted by Crippen LogP contribution is -1.88. The van der Waals surface area contributed by atoms with Gasteiger partial charge in [0.25, 0.3) is 0 Å². The highest BCUT2D eigenvalue weighted by atomic mass is 31.1. The van der Waals surface area contributed by atoms with Gasteiger partial charge >= 0.3 is 8.69 Å². The molecule has 1 aromatic rings. The molecule has 0 fully saturated rings. The second-order valence-corrected chi connectivity index (χ2v) is 3.21. The Bertz CT molecular complexity index is 273. The molecule has 0 N–H and O–H groups in total. The van der Waals surface area contributed by atoms with E-state index in [-0.39, 0.29) is 8.69 Å². The Labute approximate surface area is 80.2 Å². The summed E-state index contributed by atoms with van der Waals surface area (Å²) in [6.45, 7) is 2.15. The maximum atomic E-state index is 10.3. The van der Waals surface area contributed by atoms with Crippen LogP contribution in [0.5, 0.6) is 5.75 Å². The van der Waals surface area contributed by atoms with Crippen LogP contribution < -0.4 is 4.52 Å². The van der Waals surface area contributed by atoms with Gasteiger partial charge < -0.3 is 4.52 Å². The maximum Gasteiger partial charge on any atom is 0.395 e. The van der Waals surface area contributed by atoms with Crippen molar-refractivity contribution in [3.05, 3.63) is 29.8 Å². The van der Waals surface area contributed by atoms with E-state index in [0.29, 0.717) is 0 Å². The third-order valence-electron chi connectivity index (χ3n) is 1.91. The van der Waals surface area contributed by atoms with E-state index in [1.54, 1.807) is 0 Å². The third kappa shape index (κ3) is 3.16. The van der Waals surface area contributed by atoms with Crippen LogP contribution in [0.4, 0.5) is 0 Å². The molecular weight excluding hydrogens is 183 g/mol. The summed E-state index contributed by atoms with van der Waals surface area (Å²) in [5.41, 5.74) is 1.13. The van der Waals surface area contributed by atoms with Gasteiger partial charge in [0.15, 0.2) is 0 Å². The number of aryl methyl sites for hydroxylation is 1. The summed E-state index contributed by atoms with van der Waals surface area (Å²) in [4.78, 5) is 0. The van der Waals surface area contributed by atoms with Crippen molar-refractivity contribution in [2.24, 2.45) is 0 Å². The molecule has 0 aliphatic rings. The first-order valence-corrected chi connectivity index (χ1v) is 5.19. The Hall–Kier alpha value is -0.880. The van der Waals surface area contributed by atoms with Crippen molar-refractivity contribution in [2.75, 3.05) is 0 Å². The number of para-hydroxylation sites is 1. The van der Waals surface area contributed by atoms with Crippen molar-refractivity contribution in [1.29, 1.82) is 0 Å². The van der Waals surface area contributed by atoms with Gasteiger partial charge in [-0.05, 0) is 24.5 Å². The molecule has 0 atom stereocenters. The van der Waals surface area contributed by atoms with Crippen LogP contribution in [-0.4, -0.2) is 0 Å². The van der Waals surface area contributed by atoms with Gasteiger partial charge in [-0.3, -0.25) is 0 Å². The second kappa shape index (κ2) is 5.71. The molecule has 1 aromatic carbocycles. The van der Waals surface area contributed by atoms with Crippen molar-refractivity contribution in [3.8, 4) is 5.75 Å². The zero-order chi connectivity index (χ0) is 9.52. The molecule has 2 nitrogen and oxygen atoms in total. The lowest BCUT2D eigenvalue weighted by atomic mass is 10.1. The summed E-state index contributed by atoms with van der Waals surface area (Å²) < 4.78 is 15.2. The monoisotopic (exact) mass is 196 g/mol. The zero-order valence-corrected chi connectivity index (χ0v) is 8.59. The highest BCUT2D eigenvalue weighted by Crippen LogP contribution is 2.22. The van der Waals surface area contributed by atoms with Crippen LogP contribution in [0.2, 0.25) is 0 Å². The van der Waals surface area contributed by atoms with Crippen LogP contribution in [0.15, 0.2) is 24.3 Å². The average Bonchev–Trinajstić information content (AvgIpc) is 2.17. The molecule has 0 bridgehead atoms. The molecule has 0 aromatic heterocycles. The van der Waals surface area contributed by atoms with Gasteiger partial charge in [0, 0.05) is 0 Å². The van der Waals surface area contributed by atoms with Crippen LogP contribution in [0.3, 0.4) is 0 Å². The van der Waals surface area contributed by atoms with Crippen molar-refractivity contribution >= 4 is 8.69 Å². The Morgan fingerprint density at radius 1 is 1.38 bits per heavy atom. The molecule has 0 saturated heterocycles. The smallest absolute Gasteiger partial charge is 0.395 e. The molecule has 0 radical (unpaired) electrons. The molecule has 3 heteroatoms. The summed E-state index contributed by atoms with van der Waals surface area (Å²) in [5, 5.41) is 0. The lowest BCUT2D eigenvalue weighted by molar-refractivity contribution is 0.521. The van der Waals surface area contributed by atoms with E-state index in [2.05, 4.69) is 6.92 Å². The highest BCUT2D eigenvalue weighted by Gasteiger charge is 2.01. The summed E-state index contributed by atoms with van der Waals surface area (Å²) in [7, 11) is -0.280. The molecule has 1 rings (SSSR count). The van der Waals surface area contributed by atoms with Crippen LogP contribution in [0, 0.1) is 0 Å². The Balaban J connectivity index is 2.71. The van der Waals surface area contributed by atoms with E-state index >= 15 is 0 Å². The SMILES string of the molecule is CCCCc1ccccc1OP=O. The van der Waals surface area contributed by atoms with Gasteiger partial charge in [0.2, 0.25) is 0 Å². The summed E-state index contributed by atoms with van der Waals surface area (Å²) in [6.07, 6.45) is 3.28. The molecule has 0 aliphatic carbocycles. The van der Waals surface area contributed by atoms with Crippen LogP contribution in [0.1, 0.15) is 25.3 Å². The number of hydrogen-bond acceptors (Lipinski definition) is 2. The molecule has 0 amide bonds. The molecule has 13 heavy (non-hydrogen) atoms. The molecule has 0 saturated carbocycles. The Morgan fingerprint density at radius 2 is 2.15 bits per heavy atom. The largest absolute Gasteiger partial charge is 0.407 e. The maximum absolute atomic E-state index is 10.3. The molecule has 0 heterocycles. The van der Waals surface area contributed by atoms with Crippen molar-refractivity contribution in [2.45, 2.75) is 26.2 Å². The van der Waals surface area contributed by atoms with E-state index in [9.17, 15) is 4.57 Å². The minimum Gasteiger partial charge on any atom is -0.407 e. The quantitative estimate of drug-likeness (QED) is 0.672. The van der Waals surface area contributed by atoms with Gasteiger partial charge in [-0.15, -0.1) is 0 Å². The van der Waals surface area contributed by atoms with Crippen LogP contribution >= 0.6 is 8.69 Å². The molecular formula is C10H13O2P. The van der Waals surface area contributed by atoms with E-state index < -0.39 is 0 Å². The first kappa shape index (κ1) is 10.2. The fraction of sp³-hybridized carbons (Fsp3) is 0.400. The Morgan fingerprint density at radius 3 is 2.85 bits per heavy atom. The molecule has 0 aliphatic heterocycles. The van der Waals surface area contributed by atoms with Gasteiger partial charge in [0.1, 0.15) is 5.75 Å². The summed E-state index contributed by atoms with van der Waals surface area (Å²) >= 11 is 0. The summed E-state index contributed by atoms with van der Waals surface area (Å²) in [6, 6.07) is 7.71. The van der Waals surface area contributed by atoms with E-state index in [1.165, 1.54) is 0 Å². The standard InChI is InChI=1S/C10H13O2P/c1-2-3-6-9-7-4-5-8-10(9)12-13-11/h4-5,7-8H,2-3,6H2,1H3. The topological polar surface area (TPSA) is 26.3 Å². The van der Waals surface area contributed by atoms with E-state index in [1.807, 2.05) is 24.3 Å². The van der Waals surface area contributed by atoms with Crippen LogP contribution in [-0.2, 0) is 11.0 Å². The third-order valence-corrected chi connectivity index (χ3v) is 2.18. The van der Waals surface area contributed by atoms with Crippen molar-refractivity contribution < 1.29 is 9.09 Å². The zero-order valence-electron chi connectivity index (χ0n) is 7.69. The minimum atomic E-state index is -0.280. The number of rotatable bonds is 5. The minimum absolute atomic E-state index is 0.280. The first-order chi connectivity index (χ1) is 6.38. The highest BCUT2D eigenvalue weighted by molar-refractivity contribution is 7.17. The van der Waals surface area contributed by atoms with E-state index in [4.69, 9.17) is 4.52 Å². The predicted octanol–water partition coefficient (Wildman–Crippen LogP) is 3.61. The first-order valence-electron chi connectivity index (χ1n) is 4.46. The number of unbranched alkanes of at least 4 members (excludes halogenated alkanes) is 1. The fourth-order valence-corrected chi connectivity index (χ4v) is 1.47. The normalized spacial score (nSPS) is 10.2. The van der Waals surface area contributed by atoms with Crippen molar-refractivity contribution in [3.63, 3.8) is 0 Å². The number of benzene rings is 1. The van der Waals surface area contributed by atoms with Gasteiger partial charge in [-0.2, -0.15) is 0 Å². The van der Waals surface area contributed by atoms with Gasteiger partial charge in [-0.25, -0.2) is 4.57 Å². The van der Waals surface area contributed by atoms with Crippen molar-refractivity contribution in [1.82, 2.24) is 0 Å². The van der Waals surface area contributed by atoms with E-state index in [0.717, 1.165) is 30.6 Å². The second-order valence-electron chi connectivity index (χ2n) is 2.88. The molecule has 0 unspecified atom stereocenters. The van der Waals surface area contributed by atoms with Crippen LogP contribution in [0.25, 0.3) is 0 Å². The average molecular weight is 196 g/mol. The number of hydrogen-bond donors (Lipinski definition) is 0. The molecule has 0 spiro atoms.